The van der Waals surface area contributed by atoms with Crippen LogP contribution in [-0.4, -0.2) is 21.5 Å². The topological polar surface area (TPSA) is 42.7 Å². The first-order chi connectivity index (χ1) is 4.34. The van der Waals surface area contributed by atoms with Gasteiger partial charge in [-0.15, -0.1) is 5.10 Å². The van der Waals surface area contributed by atoms with E-state index in [4.69, 9.17) is 0 Å². The summed E-state index contributed by atoms with van der Waals surface area (Å²) in [5, 5.41) is 10.3. The smallest absolute Gasteiger partial charge is 0.161 e. The Morgan fingerprint density at radius 1 is 1.78 bits per heavy atom. The predicted molar refractivity (Wildman–Crippen MR) is 34.0 cm³/mol. The lowest BCUT2D eigenvalue weighted by molar-refractivity contribution is 0.718. The van der Waals surface area contributed by atoms with Gasteiger partial charge < -0.3 is 5.32 Å². The maximum absolute atomic E-state index is 3.68. The van der Waals surface area contributed by atoms with Crippen molar-refractivity contribution in [1.82, 2.24) is 15.0 Å². The van der Waals surface area contributed by atoms with Crippen molar-refractivity contribution in [2.75, 3.05) is 11.9 Å². The molecule has 0 aliphatic carbocycles. The van der Waals surface area contributed by atoms with Crippen molar-refractivity contribution in [2.45, 2.75) is 6.92 Å². The first-order valence-corrected chi connectivity index (χ1v) is 2.86. The van der Waals surface area contributed by atoms with E-state index in [0.29, 0.717) is 0 Å². The molecule has 1 rings (SSSR count). The monoisotopic (exact) mass is 125 g/mol. The molecule has 9 heavy (non-hydrogen) atoms. The number of anilines is 1. The molecule has 49 valence electrons. The van der Waals surface area contributed by atoms with Crippen LogP contribution in [0.15, 0.2) is 0 Å². The van der Waals surface area contributed by atoms with E-state index in [-0.39, 0.29) is 0 Å². The van der Waals surface area contributed by atoms with E-state index in [1.54, 1.807) is 4.68 Å². The molecule has 0 bridgehead atoms. The summed E-state index contributed by atoms with van der Waals surface area (Å²) in [4.78, 5) is 0. The highest BCUT2D eigenvalue weighted by molar-refractivity contribution is 5.28. The number of nitrogens with zero attached hydrogens (tertiary/aromatic N) is 3. The van der Waals surface area contributed by atoms with E-state index in [0.717, 1.165) is 12.4 Å². The molecule has 0 aliphatic heterocycles. The number of hydrogen-bond acceptors (Lipinski definition) is 3. The second-order valence-corrected chi connectivity index (χ2v) is 1.70. The van der Waals surface area contributed by atoms with Crippen molar-refractivity contribution in [3.63, 3.8) is 0 Å². The Balaban J connectivity index is 2.69. The lowest BCUT2D eigenvalue weighted by atomic mass is 10.6. The van der Waals surface area contributed by atoms with Crippen LogP contribution in [0.5, 0.6) is 0 Å². The summed E-state index contributed by atoms with van der Waals surface area (Å²) in [6, 6.07) is 0. The molecule has 1 radical (unpaired) electrons. The van der Waals surface area contributed by atoms with E-state index < -0.39 is 0 Å². The number of aryl methyl sites for hydroxylation is 1. The van der Waals surface area contributed by atoms with Gasteiger partial charge in [0, 0.05) is 13.6 Å². The second kappa shape index (κ2) is 2.48. The van der Waals surface area contributed by atoms with Crippen LogP contribution in [0.25, 0.3) is 0 Å². The number of hydrogen-bond donors (Lipinski definition) is 1. The Morgan fingerprint density at radius 3 is 3.00 bits per heavy atom. The molecule has 0 atom stereocenters. The summed E-state index contributed by atoms with van der Waals surface area (Å²) in [6.07, 6.45) is 2.70. The Hall–Kier alpha value is -1.06. The van der Waals surface area contributed by atoms with Crippen LogP contribution in [0.4, 0.5) is 5.82 Å². The van der Waals surface area contributed by atoms with Gasteiger partial charge in [-0.1, -0.05) is 5.21 Å². The fourth-order valence-corrected chi connectivity index (χ4v) is 0.575. The van der Waals surface area contributed by atoms with E-state index >= 15 is 0 Å². The van der Waals surface area contributed by atoms with E-state index in [1.165, 1.54) is 0 Å². The summed E-state index contributed by atoms with van der Waals surface area (Å²) in [5.41, 5.74) is 0. The fraction of sp³-hybridized carbons (Fsp3) is 0.600. The van der Waals surface area contributed by atoms with Crippen molar-refractivity contribution in [1.29, 1.82) is 0 Å². The molecule has 1 aromatic rings. The van der Waals surface area contributed by atoms with Gasteiger partial charge in [0.05, 0.1) is 0 Å². The van der Waals surface area contributed by atoms with Crippen molar-refractivity contribution in [3.05, 3.63) is 6.20 Å². The third kappa shape index (κ3) is 1.19. The Morgan fingerprint density at radius 2 is 2.56 bits per heavy atom. The molecule has 0 amide bonds. The summed E-state index contributed by atoms with van der Waals surface area (Å²) in [7, 11) is 1.82. The summed E-state index contributed by atoms with van der Waals surface area (Å²) >= 11 is 0. The van der Waals surface area contributed by atoms with Gasteiger partial charge in [0.1, 0.15) is 0 Å². The maximum atomic E-state index is 3.68. The van der Waals surface area contributed by atoms with Gasteiger partial charge in [0.25, 0.3) is 0 Å². The predicted octanol–water partition coefficient (Wildman–Crippen LogP) is 0.0471. The van der Waals surface area contributed by atoms with Crippen LogP contribution in [0.3, 0.4) is 0 Å². The van der Waals surface area contributed by atoms with Gasteiger partial charge in [-0.25, -0.2) is 4.68 Å². The second-order valence-electron chi connectivity index (χ2n) is 1.70. The highest BCUT2D eigenvalue weighted by Gasteiger charge is 1.94. The Kier molecular flexibility index (Phi) is 1.67. The molecule has 0 unspecified atom stereocenters. The van der Waals surface area contributed by atoms with Crippen molar-refractivity contribution in [2.24, 2.45) is 7.05 Å². The van der Waals surface area contributed by atoms with Crippen molar-refractivity contribution >= 4 is 5.82 Å². The highest BCUT2D eigenvalue weighted by Crippen LogP contribution is 1.96. The third-order valence-electron chi connectivity index (χ3n) is 1.00. The first kappa shape index (κ1) is 6.07. The standard InChI is InChI=1S/C5H9N4/c1-3-6-5-4-7-8-9(5)2/h6H,3H2,1-2H3. The molecule has 0 fully saturated rings. The molecule has 0 saturated carbocycles. The first-order valence-electron chi connectivity index (χ1n) is 2.86. The summed E-state index contributed by atoms with van der Waals surface area (Å²) in [5.74, 6) is 0.831. The zero-order chi connectivity index (χ0) is 6.69. The highest BCUT2D eigenvalue weighted by atomic mass is 15.4. The molecule has 0 aliphatic rings. The largest absolute Gasteiger partial charge is 0.369 e. The minimum Gasteiger partial charge on any atom is -0.369 e. The fourth-order valence-electron chi connectivity index (χ4n) is 0.575. The molecule has 0 saturated heterocycles. The number of rotatable bonds is 2. The lowest BCUT2D eigenvalue weighted by Gasteiger charge is -1.98. The van der Waals surface area contributed by atoms with E-state index in [9.17, 15) is 0 Å². The van der Waals surface area contributed by atoms with Crippen LogP contribution in [0.2, 0.25) is 0 Å². The summed E-state index contributed by atoms with van der Waals surface area (Å²) < 4.78 is 1.64. The molecule has 4 nitrogen and oxygen atoms in total. The van der Waals surface area contributed by atoms with Crippen LogP contribution >= 0.6 is 0 Å². The average Bonchev–Trinajstić information content (AvgIpc) is 2.18. The molecule has 1 N–H and O–H groups in total. The minimum absolute atomic E-state index is 0.831. The Bertz CT molecular complexity index is 181. The van der Waals surface area contributed by atoms with Crippen molar-refractivity contribution < 1.29 is 0 Å². The zero-order valence-corrected chi connectivity index (χ0v) is 5.55. The maximum Gasteiger partial charge on any atom is 0.161 e. The number of nitrogens with one attached hydrogen (secondary N) is 1. The van der Waals surface area contributed by atoms with Crippen LogP contribution in [0.1, 0.15) is 6.92 Å². The van der Waals surface area contributed by atoms with Gasteiger partial charge in [-0.2, -0.15) is 0 Å². The quantitative estimate of drug-likeness (QED) is 0.607. The van der Waals surface area contributed by atoms with Gasteiger partial charge in [-0.05, 0) is 6.92 Å². The zero-order valence-electron chi connectivity index (χ0n) is 5.55. The normalized spacial score (nSPS) is 9.56. The van der Waals surface area contributed by atoms with Gasteiger partial charge in [-0.3, -0.25) is 0 Å². The van der Waals surface area contributed by atoms with E-state index in [2.05, 4.69) is 21.8 Å². The number of aromatic nitrogens is 3. The van der Waals surface area contributed by atoms with E-state index in [1.807, 2.05) is 14.0 Å². The SMILES string of the molecule is CCNc1[c]nnn1C. The molecule has 4 heteroatoms. The summed E-state index contributed by atoms with van der Waals surface area (Å²) in [6.45, 7) is 2.89. The van der Waals surface area contributed by atoms with Crippen LogP contribution in [-0.2, 0) is 7.05 Å². The van der Waals surface area contributed by atoms with Crippen LogP contribution < -0.4 is 5.32 Å². The molecular formula is C5H9N4. The minimum atomic E-state index is 0.831. The average molecular weight is 125 g/mol. The molecule has 0 spiro atoms. The van der Waals surface area contributed by atoms with Gasteiger partial charge >= 0.3 is 0 Å². The molecular weight excluding hydrogens is 116 g/mol. The molecule has 0 aromatic carbocycles. The van der Waals surface area contributed by atoms with Crippen molar-refractivity contribution in [3.8, 4) is 0 Å². The lowest BCUT2D eigenvalue weighted by Crippen LogP contribution is -2.02. The Labute approximate surface area is 53.9 Å². The van der Waals surface area contributed by atoms with Crippen LogP contribution in [0, 0.1) is 6.20 Å². The third-order valence-corrected chi connectivity index (χ3v) is 1.00. The van der Waals surface area contributed by atoms with Gasteiger partial charge in [0.15, 0.2) is 12.0 Å². The van der Waals surface area contributed by atoms with Gasteiger partial charge in [0.2, 0.25) is 0 Å². The molecule has 1 heterocycles. The molecule has 1 aromatic heterocycles.